The summed E-state index contributed by atoms with van der Waals surface area (Å²) < 4.78 is 0. The standard InChI is InChI=1S/C12H20N4O3S/c1-2-3-5-12(10(19)16-14,6-4-9(17)18)8-7-20-11(13)15-8/h7H,2-6,14H2,1H3,(H2,13,15)(H,16,19)(H,17,18). The van der Waals surface area contributed by atoms with Crippen molar-refractivity contribution in [2.75, 3.05) is 5.73 Å². The normalized spacial score (nSPS) is 13.7. The van der Waals surface area contributed by atoms with Gasteiger partial charge in [-0.25, -0.2) is 10.8 Å². The summed E-state index contributed by atoms with van der Waals surface area (Å²) >= 11 is 1.23. The van der Waals surface area contributed by atoms with Gasteiger partial charge in [-0.1, -0.05) is 19.8 Å². The third-order valence-corrected chi connectivity index (χ3v) is 3.97. The fourth-order valence-corrected chi connectivity index (χ4v) is 2.83. The summed E-state index contributed by atoms with van der Waals surface area (Å²) in [6.07, 6.45) is 2.16. The van der Waals surface area contributed by atoms with Crippen molar-refractivity contribution in [3.05, 3.63) is 11.1 Å². The number of nitrogen functional groups attached to an aromatic ring is 1. The van der Waals surface area contributed by atoms with Gasteiger partial charge in [0.1, 0.15) is 0 Å². The molecule has 6 N–H and O–H groups in total. The minimum absolute atomic E-state index is 0.130. The topological polar surface area (TPSA) is 131 Å². The van der Waals surface area contributed by atoms with Crippen molar-refractivity contribution in [1.82, 2.24) is 10.4 Å². The van der Waals surface area contributed by atoms with Crippen molar-refractivity contribution < 1.29 is 14.7 Å². The van der Waals surface area contributed by atoms with Crippen LogP contribution in [0.1, 0.15) is 44.7 Å². The van der Waals surface area contributed by atoms with Crippen LogP contribution in [0.2, 0.25) is 0 Å². The predicted octanol–water partition coefficient (Wildman–Crippen LogP) is 1.01. The first kappa shape index (κ1) is 16.4. The van der Waals surface area contributed by atoms with Crippen molar-refractivity contribution in [2.45, 2.75) is 44.4 Å². The Labute approximate surface area is 121 Å². The van der Waals surface area contributed by atoms with Crippen molar-refractivity contribution in [3.63, 3.8) is 0 Å². The molecule has 0 aliphatic heterocycles. The molecule has 0 spiro atoms. The zero-order valence-electron chi connectivity index (χ0n) is 11.4. The summed E-state index contributed by atoms with van der Waals surface area (Å²) in [5.41, 5.74) is 7.24. The van der Waals surface area contributed by atoms with E-state index < -0.39 is 17.3 Å². The van der Waals surface area contributed by atoms with E-state index in [4.69, 9.17) is 16.7 Å². The molecule has 0 saturated carbocycles. The Kier molecular flexibility index (Phi) is 5.90. The van der Waals surface area contributed by atoms with Gasteiger partial charge in [-0.05, 0) is 12.8 Å². The van der Waals surface area contributed by atoms with Gasteiger partial charge in [-0.2, -0.15) is 0 Å². The van der Waals surface area contributed by atoms with Gasteiger partial charge < -0.3 is 10.8 Å². The summed E-state index contributed by atoms with van der Waals surface area (Å²) in [6.45, 7) is 2.00. The second-order valence-corrected chi connectivity index (χ2v) is 5.51. The minimum atomic E-state index is -1.03. The molecule has 1 aromatic rings. The highest BCUT2D eigenvalue weighted by Crippen LogP contribution is 2.36. The van der Waals surface area contributed by atoms with E-state index in [0.29, 0.717) is 17.2 Å². The van der Waals surface area contributed by atoms with Crippen LogP contribution in [0, 0.1) is 0 Å². The number of carbonyl (C=O) groups excluding carboxylic acids is 1. The highest BCUT2D eigenvalue weighted by Gasteiger charge is 2.41. The van der Waals surface area contributed by atoms with Crippen molar-refractivity contribution in [3.8, 4) is 0 Å². The van der Waals surface area contributed by atoms with Crippen LogP contribution in [-0.2, 0) is 15.0 Å². The number of unbranched alkanes of at least 4 members (excludes halogenated alkanes) is 1. The summed E-state index contributed by atoms with van der Waals surface area (Å²) in [5, 5.41) is 10.9. The molecule has 20 heavy (non-hydrogen) atoms. The van der Waals surface area contributed by atoms with Gasteiger partial charge in [0.2, 0.25) is 5.91 Å². The van der Waals surface area contributed by atoms with E-state index in [1.54, 1.807) is 5.38 Å². The molecule has 0 bridgehead atoms. The number of nitrogens with one attached hydrogen (secondary N) is 1. The Morgan fingerprint density at radius 3 is 2.65 bits per heavy atom. The van der Waals surface area contributed by atoms with Crippen LogP contribution in [-0.4, -0.2) is 22.0 Å². The molecule has 0 radical (unpaired) electrons. The van der Waals surface area contributed by atoms with Gasteiger partial charge in [0.05, 0.1) is 11.1 Å². The van der Waals surface area contributed by atoms with Gasteiger partial charge in [-0.15, -0.1) is 11.3 Å². The zero-order valence-corrected chi connectivity index (χ0v) is 12.2. The molecule has 0 aliphatic carbocycles. The van der Waals surface area contributed by atoms with E-state index in [-0.39, 0.29) is 12.8 Å². The Balaban J connectivity index is 3.16. The molecule has 0 fully saturated rings. The monoisotopic (exact) mass is 300 g/mol. The molecule has 1 atom stereocenters. The summed E-state index contributed by atoms with van der Waals surface area (Å²) in [4.78, 5) is 27.3. The van der Waals surface area contributed by atoms with E-state index in [1.807, 2.05) is 6.92 Å². The molecule has 7 nitrogen and oxygen atoms in total. The highest BCUT2D eigenvalue weighted by molar-refractivity contribution is 7.13. The molecule has 0 aromatic carbocycles. The SMILES string of the molecule is CCCCC(CCC(=O)O)(C(=O)NN)c1csc(N)n1. The third-order valence-electron chi connectivity index (χ3n) is 3.30. The Bertz CT molecular complexity index is 477. The quantitative estimate of drug-likeness (QED) is 0.322. The Morgan fingerprint density at radius 2 is 2.20 bits per heavy atom. The number of aromatic nitrogens is 1. The Morgan fingerprint density at radius 1 is 1.50 bits per heavy atom. The molecular formula is C12H20N4O3S. The maximum atomic E-state index is 12.3. The van der Waals surface area contributed by atoms with Crippen LogP contribution < -0.4 is 17.0 Å². The van der Waals surface area contributed by atoms with Crippen molar-refractivity contribution in [1.29, 1.82) is 0 Å². The van der Waals surface area contributed by atoms with Crippen LogP contribution in [0.4, 0.5) is 5.13 Å². The van der Waals surface area contributed by atoms with Crippen LogP contribution in [0.5, 0.6) is 0 Å². The molecular weight excluding hydrogens is 280 g/mol. The number of aliphatic carboxylic acids is 1. The lowest BCUT2D eigenvalue weighted by atomic mass is 9.75. The number of carbonyl (C=O) groups is 2. The number of rotatable bonds is 8. The molecule has 0 aliphatic rings. The second-order valence-electron chi connectivity index (χ2n) is 4.62. The van der Waals surface area contributed by atoms with Crippen LogP contribution in [0.3, 0.4) is 0 Å². The smallest absolute Gasteiger partial charge is 0.303 e. The summed E-state index contributed by atoms with van der Waals surface area (Å²) in [6, 6.07) is 0. The number of hydrogen-bond donors (Lipinski definition) is 4. The number of thiazole rings is 1. The molecule has 0 saturated heterocycles. The molecule has 1 aromatic heterocycles. The van der Waals surface area contributed by atoms with Gasteiger partial charge >= 0.3 is 5.97 Å². The van der Waals surface area contributed by atoms with Gasteiger partial charge in [0, 0.05) is 11.8 Å². The molecule has 112 valence electrons. The average molecular weight is 300 g/mol. The number of nitrogens with zero attached hydrogens (tertiary/aromatic N) is 1. The number of nitrogens with two attached hydrogens (primary N) is 2. The number of carboxylic acid groups (broad SMARTS) is 1. The number of hydrazine groups is 1. The number of hydrogen-bond acceptors (Lipinski definition) is 6. The van der Waals surface area contributed by atoms with E-state index in [1.165, 1.54) is 11.3 Å². The first-order valence-corrected chi connectivity index (χ1v) is 7.28. The Hall–Kier alpha value is -1.67. The minimum Gasteiger partial charge on any atom is -0.481 e. The second kappa shape index (κ2) is 7.20. The maximum absolute atomic E-state index is 12.3. The first-order chi connectivity index (χ1) is 9.46. The van der Waals surface area contributed by atoms with Crippen LogP contribution >= 0.6 is 11.3 Å². The lowest BCUT2D eigenvalue weighted by Crippen LogP contribution is -2.48. The molecule has 1 amide bonds. The fourth-order valence-electron chi connectivity index (χ4n) is 2.17. The highest BCUT2D eigenvalue weighted by atomic mass is 32.1. The lowest BCUT2D eigenvalue weighted by molar-refractivity contribution is -0.138. The average Bonchev–Trinajstić information content (AvgIpc) is 2.85. The van der Waals surface area contributed by atoms with Crippen LogP contribution in [0.15, 0.2) is 5.38 Å². The van der Waals surface area contributed by atoms with Crippen LogP contribution in [0.25, 0.3) is 0 Å². The van der Waals surface area contributed by atoms with Crippen molar-refractivity contribution in [2.24, 2.45) is 5.84 Å². The van der Waals surface area contributed by atoms with E-state index in [9.17, 15) is 9.59 Å². The molecule has 1 heterocycles. The first-order valence-electron chi connectivity index (χ1n) is 6.40. The van der Waals surface area contributed by atoms with E-state index >= 15 is 0 Å². The fraction of sp³-hybridized carbons (Fsp3) is 0.583. The van der Waals surface area contributed by atoms with E-state index in [0.717, 1.165) is 12.8 Å². The molecule has 8 heteroatoms. The van der Waals surface area contributed by atoms with Gasteiger partial charge in [-0.3, -0.25) is 15.0 Å². The molecule has 1 unspecified atom stereocenters. The van der Waals surface area contributed by atoms with Crippen molar-refractivity contribution >= 4 is 28.3 Å². The summed E-state index contributed by atoms with van der Waals surface area (Å²) in [5.74, 6) is 3.90. The third kappa shape index (κ3) is 3.67. The van der Waals surface area contributed by atoms with Gasteiger partial charge in [0.15, 0.2) is 5.13 Å². The molecule has 1 rings (SSSR count). The maximum Gasteiger partial charge on any atom is 0.303 e. The number of anilines is 1. The summed E-state index contributed by atoms with van der Waals surface area (Å²) in [7, 11) is 0. The predicted molar refractivity (Wildman–Crippen MR) is 76.9 cm³/mol. The number of amides is 1. The number of carboxylic acids is 1. The zero-order chi connectivity index (χ0) is 15.2. The lowest BCUT2D eigenvalue weighted by Gasteiger charge is -2.29. The van der Waals surface area contributed by atoms with Gasteiger partial charge in [0.25, 0.3) is 0 Å². The largest absolute Gasteiger partial charge is 0.481 e. The van der Waals surface area contributed by atoms with E-state index in [2.05, 4.69) is 10.4 Å².